The lowest BCUT2D eigenvalue weighted by Gasteiger charge is -2.17. The molecule has 1 N–H and O–H groups in total. The molecular formula is C24H33N4O5P. The van der Waals surface area contributed by atoms with Crippen molar-refractivity contribution in [3.63, 3.8) is 0 Å². The van der Waals surface area contributed by atoms with E-state index < -0.39 is 7.60 Å². The topological polar surface area (TPSA) is 108 Å². The zero-order valence-corrected chi connectivity index (χ0v) is 20.9. The molecule has 1 aliphatic carbocycles. The van der Waals surface area contributed by atoms with Crippen molar-refractivity contribution < 1.29 is 13.6 Å². The van der Waals surface area contributed by atoms with Gasteiger partial charge in [-0.05, 0) is 51.5 Å². The van der Waals surface area contributed by atoms with Crippen LogP contribution in [0.3, 0.4) is 0 Å². The van der Waals surface area contributed by atoms with Crippen molar-refractivity contribution in [3.05, 3.63) is 62.6 Å². The number of nitrogens with one attached hydrogen (secondary N) is 1. The quantitative estimate of drug-likeness (QED) is 0.302. The number of aromatic nitrogens is 4. The van der Waals surface area contributed by atoms with Crippen LogP contribution < -0.4 is 11.2 Å². The average Bonchev–Trinajstić information content (AvgIpc) is 3.51. The highest BCUT2D eigenvalue weighted by Crippen LogP contribution is 2.53. The molecule has 4 rings (SSSR count). The van der Waals surface area contributed by atoms with Crippen molar-refractivity contribution in [1.82, 2.24) is 19.1 Å². The van der Waals surface area contributed by atoms with Crippen molar-refractivity contribution in [2.75, 3.05) is 19.4 Å². The van der Waals surface area contributed by atoms with Gasteiger partial charge in [-0.25, -0.2) is 9.78 Å². The molecule has 34 heavy (non-hydrogen) atoms. The van der Waals surface area contributed by atoms with Gasteiger partial charge in [0, 0.05) is 19.0 Å². The van der Waals surface area contributed by atoms with Crippen molar-refractivity contribution in [2.45, 2.75) is 65.0 Å². The molecule has 10 heteroatoms. The summed E-state index contributed by atoms with van der Waals surface area (Å²) in [6, 6.07) is 10.3. The molecule has 1 saturated carbocycles. The Morgan fingerprint density at radius 3 is 2.38 bits per heavy atom. The second-order valence-corrected chi connectivity index (χ2v) is 10.7. The van der Waals surface area contributed by atoms with E-state index in [1.54, 1.807) is 25.3 Å². The van der Waals surface area contributed by atoms with E-state index in [1.807, 2.05) is 18.2 Å². The van der Waals surface area contributed by atoms with E-state index in [9.17, 15) is 14.2 Å². The van der Waals surface area contributed by atoms with E-state index in [0.717, 1.165) is 12.2 Å². The maximum absolute atomic E-state index is 13.1. The van der Waals surface area contributed by atoms with Gasteiger partial charge < -0.3 is 14.0 Å². The fourth-order valence-corrected chi connectivity index (χ4v) is 6.27. The molecule has 0 saturated heterocycles. The molecular weight excluding hydrogens is 455 g/mol. The molecule has 2 heterocycles. The highest BCUT2D eigenvalue weighted by Gasteiger charge is 2.42. The maximum atomic E-state index is 13.1. The second kappa shape index (κ2) is 10.4. The monoisotopic (exact) mass is 488 g/mol. The van der Waals surface area contributed by atoms with Gasteiger partial charge in [0.25, 0.3) is 5.56 Å². The molecule has 0 amide bonds. The Kier molecular flexibility index (Phi) is 7.55. The molecule has 184 valence electrons. The Morgan fingerprint density at radius 2 is 1.74 bits per heavy atom. The predicted octanol–water partition coefficient (Wildman–Crippen LogP) is 4.22. The number of aryl methyl sites for hydroxylation is 1. The average molecular weight is 489 g/mol. The fraction of sp³-hybridized carbons (Fsp3) is 0.542. The summed E-state index contributed by atoms with van der Waals surface area (Å²) >= 11 is 0. The van der Waals surface area contributed by atoms with Gasteiger partial charge in [-0.15, -0.1) is 0 Å². The van der Waals surface area contributed by atoms with Gasteiger partial charge >= 0.3 is 13.3 Å². The number of nitrogens with zero attached hydrogens (tertiary/aromatic N) is 3. The molecule has 2 aromatic heterocycles. The molecule has 3 aromatic rings. The summed E-state index contributed by atoms with van der Waals surface area (Å²) in [5.74, 6) is 1.32. The van der Waals surface area contributed by atoms with Gasteiger partial charge in [0.15, 0.2) is 5.65 Å². The number of hydrogen-bond acceptors (Lipinski definition) is 6. The van der Waals surface area contributed by atoms with E-state index in [-0.39, 0.29) is 29.9 Å². The molecule has 9 nitrogen and oxygen atoms in total. The number of imidazole rings is 1. The first-order valence-corrected chi connectivity index (χ1v) is 13.8. The summed E-state index contributed by atoms with van der Waals surface area (Å²) in [5.41, 5.74) is 1.30. The second-order valence-electron chi connectivity index (χ2n) is 8.54. The molecule has 1 aliphatic rings. The number of H-pyrrole nitrogens is 1. The van der Waals surface area contributed by atoms with Crippen LogP contribution in [-0.4, -0.2) is 38.5 Å². The minimum Gasteiger partial charge on any atom is -0.336 e. The van der Waals surface area contributed by atoms with E-state index in [2.05, 4.69) is 17.1 Å². The zero-order valence-electron chi connectivity index (χ0n) is 20.0. The smallest absolute Gasteiger partial charge is 0.332 e. The Labute approximate surface area is 198 Å². The summed E-state index contributed by atoms with van der Waals surface area (Å²) in [4.78, 5) is 34.0. The molecule has 1 aromatic carbocycles. The first kappa shape index (κ1) is 24.6. The van der Waals surface area contributed by atoms with Gasteiger partial charge in [-0.1, -0.05) is 30.3 Å². The number of rotatable bonds is 12. The zero-order chi connectivity index (χ0) is 24.3. The summed E-state index contributed by atoms with van der Waals surface area (Å²) in [7, 11) is -3.13. The van der Waals surface area contributed by atoms with Crippen LogP contribution in [0, 0.1) is 0 Å². The van der Waals surface area contributed by atoms with Gasteiger partial charge in [-0.2, -0.15) is 0 Å². The third-order valence-corrected chi connectivity index (χ3v) is 8.45. The summed E-state index contributed by atoms with van der Waals surface area (Å²) in [6.45, 7) is 6.64. The number of unbranched alkanes of at least 4 members (excludes halogenated alkanes) is 1. The van der Waals surface area contributed by atoms with E-state index >= 15 is 0 Å². The van der Waals surface area contributed by atoms with Crippen LogP contribution in [-0.2, 0) is 26.7 Å². The summed E-state index contributed by atoms with van der Waals surface area (Å²) in [6.07, 6.45) is 2.39. The summed E-state index contributed by atoms with van der Waals surface area (Å²) < 4.78 is 26.2. The Morgan fingerprint density at radius 1 is 1.03 bits per heavy atom. The number of aromatic amines is 1. The largest absolute Gasteiger partial charge is 0.336 e. The van der Waals surface area contributed by atoms with Crippen molar-refractivity contribution in [2.24, 2.45) is 0 Å². The number of benzene rings is 1. The first-order valence-electron chi connectivity index (χ1n) is 12.1. The SMILES string of the molecule is CCOP(=O)(CCCCn1c(=O)n(CC)c(=O)c2[nH]c(C3CC3c3ccccc3)nc21)OCC. The lowest BCUT2D eigenvalue weighted by atomic mass is 10.1. The molecule has 2 unspecified atom stereocenters. The van der Waals surface area contributed by atoms with Crippen LogP contribution in [0.4, 0.5) is 0 Å². The minimum absolute atomic E-state index is 0.205. The van der Waals surface area contributed by atoms with Crippen LogP contribution in [0.1, 0.15) is 63.3 Å². The van der Waals surface area contributed by atoms with Crippen LogP contribution >= 0.6 is 7.60 Å². The van der Waals surface area contributed by atoms with Crippen molar-refractivity contribution in [1.29, 1.82) is 0 Å². The Hall–Kier alpha value is -2.48. The molecule has 0 radical (unpaired) electrons. The van der Waals surface area contributed by atoms with E-state index in [4.69, 9.17) is 14.0 Å². The van der Waals surface area contributed by atoms with Gasteiger partial charge in [-0.3, -0.25) is 18.5 Å². The molecule has 2 atom stereocenters. The molecule has 1 fully saturated rings. The van der Waals surface area contributed by atoms with Crippen molar-refractivity contribution in [3.8, 4) is 0 Å². The summed E-state index contributed by atoms with van der Waals surface area (Å²) in [5, 5.41) is 0. The number of hydrogen-bond donors (Lipinski definition) is 1. The molecule has 0 aliphatic heterocycles. The van der Waals surface area contributed by atoms with Crippen LogP contribution in [0.5, 0.6) is 0 Å². The predicted molar refractivity (Wildman–Crippen MR) is 132 cm³/mol. The van der Waals surface area contributed by atoms with Crippen LogP contribution in [0.2, 0.25) is 0 Å². The van der Waals surface area contributed by atoms with Crippen LogP contribution in [0.25, 0.3) is 11.2 Å². The third-order valence-electron chi connectivity index (χ3n) is 6.28. The van der Waals surface area contributed by atoms with Gasteiger partial charge in [0.1, 0.15) is 11.3 Å². The van der Waals surface area contributed by atoms with Gasteiger partial charge in [0.05, 0.1) is 19.4 Å². The van der Waals surface area contributed by atoms with E-state index in [1.165, 1.54) is 10.1 Å². The third kappa shape index (κ3) is 4.97. The maximum Gasteiger partial charge on any atom is 0.332 e. The number of fused-ring (bicyclic) bond motifs is 1. The standard InChI is InChI=1S/C24H33N4O5P/c1-4-27-23(29)20-22(26-21(25-20)19-16-18(19)17-12-8-7-9-13-17)28(24(27)30)14-10-11-15-34(31,32-5-2)33-6-3/h7-9,12-13,18-19H,4-6,10-11,14-16H2,1-3H3,(H,25,26). The normalized spacial score (nSPS) is 18.0. The first-order chi connectivity index (χ1) is 16.4. The Bertz CT molecular complexity index is 1290. The van der Waals surface area contributed by atoms with E-state index in [0.29, 0.717) is 49.7 Å². The molecule has 0 bridgehead atoms. The highest BCUT2D eigenvalue weighted by molar-refractivity contribution is 7.53. The van der Waals surface area contributed by atoms with Gasteiger partial charge in [0.2, 0.25) is 0 Å². The molecule has 0 spiro atoms. The van der Waals surface area contributed by atoms with Crippen LogP contribution in [0.15, 0.2) is 39.9 Å². The lowest BCUT2D eigenvalue weighted by Crippen LogP contribution is -2.39. The fourth-order valence-electron chi connectivity index (χ4n) is 4.54. The minimum atomic E-state index is -3.13. The highest BCUT2D eigenvalue weighted by atomic mass is 31.2. The lowest BCUT2D eigenvalue weighted by molar-refractivity contribution is 0.219. The Balaban J connectivity index is 1.57. The van der Waals surface area contributed by atoms with Crippen molar-refractivity contribution >= 4 is 18.8 Å².